The summed E-state index contributed by atoms with van der Waals surface area (Å²) in [7, 11) is 0. The molecule has 1 amide bonds. The highest BCUT2D eigenvalue weighted by atomic mass is 35.5. The molecule has 0 aliphatic rings. The van der Waals surface area contributed by atoms with Crippen molar-refractivity contribution in [1.82, 2.24) is 9.97 Å². The van der Waals surface area contributed by atoms with Crippen LogP contribution in [0, 0.1) is 0 Å². The molecule has 0 bridgehead atoms. The van der Waals surface area contributed by atoms with E-state index in [0.29, 0.717) is 28.2 Å². The van der Waals surface area contributed by atoms with Gasteiger partial charge in [0.25, 0.3) is 5.91 Å². The summed E-state index contributed by atoms with van der Waals surface area (Å²) in [4.78, 5) is 20.3. The molecule has 25 heavy (non-hydrogen) atoms. The van der Waals surface area contributed by atoms with Crippen LogP contribution < -0.4 is 10.1 Å². The van der Waals surface area contributed by atoms with Crippen LogP contribution >= 0.6 is 23.2 Å². The molecule has 0 unspecified atom stereocenters. The molecule has 0 aliphatic heterocycles. The fraction of sp³-hybridized carbons (Fsp3) is 0.0556. The van der Waals surface area contributed by atoms with E-state index in [1.165, 1.54) is 12.4 Å². The van der Waals surface area contributed by atoms with Crippen LogP contribution in [-0.2, 0) is 6.61 Å². The number of nitrogens with zero attached hydrogens (tertiary/aromatic N) is 2. The van der Waals surface area contributed by atoms with E-state index in [9.17, 15) is 4.79 Å². The smallest absolute Gasteiger partial charge is 0.274 e. The molecule has 1 N–H and O–H groups in total. The van der Waals surface area contributed by atoms with E-state index in [1.54, 1.807) is 18.2 Å². The Labute approximate surface area is 154 Å². The van der Waals surface area contributed by atoms with Crippen molar-refractivity contribution in [3.05, 3.63) is 82.2 Å². The minimum absolute atomic E-state index is 0.147. The fourth-order valence-electron chi connectivity index (χ4n) is 2.07. The van der Waals surface area contributed by atoms with Crippen molar-refractivity contribution < 1.29 is 9.53 Å². The van der Waals surface area contributed by atoms with Crippen molar-refractivity contribution in [3.63, 3.8) is 0 Å². The maximum atomic E-state index is 12.4. The molecular formula is C18H13Cl2N3O2. The molecule has 0 atom stereocenters. The molecule has 3 aromatic rings. The first-order chi connectivity index (χ1) is 12.1. The summed E-state index contributed by atoms with van der Waals surface area (Å²) in [6, 6.07) is 16.1. The number of hydrogen-bond acceptors (Lipinski definition) is 4. The zero-order chi connectivity index (χ0) is 17.6. The van der Waals surface area contributed by atoms with Gasteiger partial charge < -0.3 is 10.1 Å². The van der Waals surface area contributed by atoms with Gasteiger partial charge in [0.1, 0.15) is 18.6 Å². The zero-order valence-corrected chi connectivity index (χ0v) is 14.5. The highest BCUT2D eigenvalue weighted by Crippen LogP contribution is 2.30. The topological polar surface area (TPSA) is 64.1 Å². The van der Waals surface area contributed by atoms with Crippen LogP contribution in [0.5, 0.6) is 5.88 Å². The SMILES string of the molecule is O=C(Nc1c(Cl)cccc1Cl)c1cc(OCc2ccccc2)ncn1. The van der Waals surface area contributed by atoms with Crippen molar-refractivity contribution in [2.45, 2.75) is 6.61 Å². The van der Waals surface area contributed by atoms with Crippen LogP contribution in [-0.4, -0.2) is 15.9 Å². The number of hydrogen-bond donors (Lipinski definition) is 1. The lowest BCUT2D eigenvalue weighted by molar-refractivity contribution is 0.102. The second-order valence-corrected chi connectivity index (χ2v) is 5.88. The maximum absolute atomic E-state index is 12.4. The Morgan fingerprint density at radius 1 is 1.00 bits per heavy atom. The average molecular weight is 374 g/mol. The minimum atomic E-state index is -0.457. The van der Waals surface area contributed by atoms with Crippen LogP contribution in [0.4, 0.5) is 5.69 Å². The van der Waals surface area contributed by atoms with Gasteiger partial charge in [0.15, 0.2) is 0 Å². The van der Waals surface area contributed by atoms with E-state index in [-0.39, 0.29) is 5.69 Å². The van der Waals surface area contributed by atoms with Gasteiger partial charge >= 0.3 is 0 Å². The summed E-state index contributed by atoms with van der Waals surface area (Å²) in [6.07, 6.45) is 1.27. The Bertz CT molecular complexity index is 868. The van der Waals surface area contributed by atoms with Crippen molar-refractivity contribution in [3.8, 4) is 5.88 Å². The van der Waals surface area contributed by atoms with Gasteiger partial charge in [0, 0.05) is 6.07 Å². The second kappa shape index (κ2) is 7.96. The van der Waals surface area contributed by atoms with E-state index >= 15 is 0 Å². The number of amides is 1. The third-order valence-corrected chi connectivity index (χ3v) is 3.94. The molecule has 2 aromatic carbocycles. The van der Waals surface area contributed by atoms with Crippen LogP contribution in [0.3, 0.4) is 0 Å². The van der Waals surface area contributed by atoms with E-state index in [0.717, 1.165) is 5.56 Å². The minimum Gasteiger partial charge on any atom is -0.473 e. The molecule has 126 valence electrons. The lowest BCUT2D eigenvalue weighted by Gasteiger charge is -2.09. The molecule has 0 saturated heterocycles. The molecule has 7 heteroatoms. The number of carbonyl (C=O) groups is 1. The van der Waals surface area contributed by atoms with Gasteiger partial charge in [-0.3, -0.25) is 4.79 Å². The van der Waals surface area contributed by atoms with Gasteiger partial charge in [-0.25, -0.2) is 9.97 Å². The summed E-state index contributed by atoms with van der Waals surface area (Å²) >= 11 is 12.1. The maximum Gasteiger partial charge on any atom is 0.274 e. The van der Waals surface area contributed by atoms with Crippen molar-refractivity contribution in [1.29, 1.82) is 0 Å². The van der Waals surface area contributed by atoms with Gasteiger partial charge in [0.05, 0.1) is 15.7 Å². The first-order valence-corrected chi connectivity index (χ1v) is 8.13. The monoisotopic (exact) mass is 373 g/mol. The van der Waals surface area contributed by atoms with E-state index in [2.05, 4.69) is 15.3 Å². The van der Waals surface area contributed by atoms with Gasteiger partial charge in [0.2, 0.25) is 5.88 Å². The number of nitrogens with one attached hydrogen (secondary N) is 1. The first-order valence-electron chi connectivity index (χ1n) is 7.37. The molecule has 1 aromatic heterocycles. The van der Waals surface area contributed by atoms with Gasteiger partial charge in [-0.05, 0) is 17.7 Å². The van der Waals surface area contributed by atoms with Crippen LogP contribution in [0.25, 0.3) is 0 Å². The quantitative estimate of drug-likeness (QED) is 0.708. The molecule has 0 fully saturated rings. The summed E-state index contributed by atoms with van der Waals surface area (Å²) in [5.74, 6) is -0.156. The number of benzene rings is 2. The Kier molecular flexibility index (Phi) is 5.48. The molecule has 3 rings (SSSR count). The Balaban J connectivity index is 1.71. The normalized spacial score (nSPS) is 10.3. The number of para-hydroxylation sites is 1. The lowest BCUT2D eigenvalue weighted by Crippen LogP contribution is -2.15. The highest BCUT2D eigenvalue weighted by molar-refractivity contribution is 6.39. The van der Waals surface area contributed by atoms with Gasteiger partial charge in [-0.15, -0.1) is 0 Å². The zero-order valence-electron chi connectivity index (χ0n) is 12.9. The fourth-order valence-corrected chi connectivity index (χ4v) is 2.56. The number of rotatable bonds is 5. The van der Waals surface area contributed by atoms with Gasteiger partial charge in [-0.1, -0.05) is 59.6 Å². The second-order valence-electron chi connectivity index (χ2n) is 5.07. The molecular weight excluding hydrogens is 361 g/mol. The first kappa shape index (κ1) is 17.2. The third-order valence-electron chi connectivity index (χ3n) is 3.31. The highest BCUT2D eigenvalue weighted by Gasteiger charge is 2.13. The molecule has 0 radical (unpaired) electrons. The third kappa shape index (κ3) is 4.47. The molecule has 0 saturated carbocycles. The largest absolute Gasteiger partial charge is 0.473 e. The Hall–Kier alpha value is -2.63. The number of ether oxygens (including phenoxy) is 1. The van der Waals surface area contributed by atoms with E-state index in [1.807, 2.05) is 30.3 Å². The average Bonchev–Trinajstić information content (AvgIpc) is 2.64. The van der Waals surface area contributed by atoms with Crippen LogP contribution in [0.1, 0.15) is 16.1 Å². The van der Waals surface area contributed by atoms with E-state index in [4.69, 9.17) is 27.9 Å². The summed E-state index contributed by atoms with van der Waals surface area (Å²) in [6.45, 7) is 0.343. The van der Waals surface area contributed by atoms with Crippen molar-refractivity contribution >= 4 is 34.8 Å². The molecule has 1 heterocycles. The predicted octanol–water partition coefficient (Wildman–Crippen LogP) is 4.61. The number of anilines is 1. The van der Waals surface area contributed by atoms with Crippen molar-refractivity contribution in [2.24, 2.45) is 0 Å². The Morgan fingerprint density at radius 2 is 1.72 bits per heavy atom. The number of aromatic nitrogens is 2. The van der Waals surface area contributed by atoms with Crippen molar-refractivity contribution in [2.75, 3.05) is 5.32 Å². The summed E-state index contributed by atoms with van der Waals surface area (Å²) in [5, 5.41) is 3.33. The van der Waals surface area contributed by atoms with Crippen LogP contribution in [0.2, 0.25) is 10.0 Å². The molecule has 0 aliphatic carbocycles. The van der Waals surface area contributed by atoms with Crippen LogP contribution in [0.15, 0.2) is 60.9 Å². The predicted molar refractivity (Wildman–Crippen MR) is 97.2 cm³/mol. The summed E-state index contributed by atoms with van der Waals surface area (Å²) in [5.41, 5.74) is 1.48. The number of carbonyl (C=O) groups excluding carboxylic acids is 1. The van der Waals surface area contributed by atoms with E-state index < -0.39 is 5.91 Å². The standard InChI is InChI=1S/C18H13Cl2N3O2/c19-13-7-4-8-14(20)17(13)23-18(24)15-9-16(22-11-21-15)25-10-12-5-2-1-3-6-12/h1-9,11H,10H2,(H,23,24). The lowest BCUT2D eigenvalue weighted by atomic mass is 10.2. The van der Waals surface area contributed by atoms with Gasteiger partial charge in [-0.2, -0.15) is 0 Å². The molecule has 0 spiro atoms. The number of halogens is 2. The Morgan fingerprint density at radius 3 is 2.44 bits per heavy atom. The molecule has 5 nitrogen and oxygen atoms in total. The summed E-state index contributed by atoms with van der Waals surface area (Å²) < 4.78 is 5.60.